The van der Waals surface area contributed by atoms with E-state index in [-0.39, 0.29) is 21.5 Å². The Morgan fingerprint density at radius 2 is 2.00 bits per heavy atom. The summed E-state index contributed by atoms with van der Waals surface area (Å²) in [6.07, 6.45) is -3.73. The van der Waals surface area contributed by atoms with Gasteiger partial charge in [0.1, 0.15) is 0 Å². The Morgan fingerprint density at radius 3 is 2.53 bits per heavy atom. The number of pyridine rings is 1. The zero-order chi connectivity index (χ0) is 12.8. The second-order valence-electron chi connectivity index (χ2n) is 3.28. The summed E-state index contributed by atoms with van der Waals surface area (Å²) >= 11 is 11.4. The fourth-order valence-electron chi connectivity index (χ4n) is 1.42. The average molecular weight is 285 g/mol. The van der Waals surface area contributed by atoms with Crippen LogP contribution < -0.4 is 0 Å². The van der Waals surface area contributed by atoms with Crippen LogP contribution in [0.2, 0.25) is 10.2 Å². The predicted octanol–water partition coefficient (Wildman–Crippen LogP) is 3.15. The third-order valence-electron chi connectivity index (χ3n) is 2.20. The minimum atomic E-state index is -4.53. The summed E-state index contributed by atoms with van der Waals surface area (Å²) in [5.41, 5.74) is -0.790. The van der Waals surface area contributed by atoms with Crippen molar-refractivity contribution in [2.24, 2.45) is 0 Å². The highest BCUT2D eigenvalue weighted by Gasteiger charge is 2.32. The number of fused-ring (bicyclic) bond motifs is 1. The third-order valence-corrected chi connectivity index (χ3v) is 2.78. The smallest absolute Gasteiger partial charge is 0.390 e. The first kappa shape index (κ1) is 12.5. The summed E-state index contributed by atoms with van der Waals surface area (Å²) in [6.45, 7) is -0.530. The van der Waals surface area contributed by atoms with Gasteiger partial charge in [-0.1, -0.05) is 23.2 Å². The SMILES string of the molecule is OCc1c(Cl)nc2c(Cl)cc(C(F)(F)F)cn12. The Labute approximate surface area is 103 Å². The summed E-state index contributed by atoms with van der Waals surface area (Å²) < 4.78 is 38.7. The molecule has 92 valence electrons. The van der Waals surface area contributed by atoms with Crippen molar-refractivity contribution in [3.8, 4) is 0 Å². The van der Waals surface area contributed by atoms with Crippen molar-refractivity contribution in [3.63, 3.8) is 0 Å². The van der Waals surface area contributed by atoms with Crippen molar-refractivity contribution in [1.82, 2.24) is 9.38 Å². The van der Waals surface area contributed by atoms with Crippen LogP contribution in [0.25, 0.3) is 5.65 Å². The summed E-state index contributed by atoms with van der Waals surface area (Å²) in [5.74, 6) is 0. The molecule has 2 aromatic rings. The number of halogens is 5. The molecule has 2 rings (SSSR count). The highest BCUT2D eigenvalue weighted by atomic mass is 35.5. The maximum atomic E-state index is 12.6. The predicted molar refractivity (Wildman–Crippen MR) is 56.1 cm³/mol. The van der Waals surface area contributed by atoms with E-state index in [1.807, 2.05) is 0 Å². The normalized spacial score (nSPS) is 12.4. The van der Waals surface area contributed by atoms with Crippen LogP contribution in [-0.4, -0.2) is 14.5 Å². The van der Waals surface area contributed by atoms with E-state index in [9.17, 15) is 13.2 Å². The minimum absolute atomic E-state index is 0.0645. The van der Waals surface area contributed by atoms with Gasteiger partial charge in [-0.15, -0.1) is 0 Å². The second-order valence-corrected chi connectivity index (χ2v) is 4.04. The Morgan fingerprint density at radius 1 is 1.35 bits per heavy atom. The lowest BCUT2D eigenvalue weighted by Gasteiger charge is -2.08. The number of rotatable bonds is 1. The minimum Gasteiger partial charge on any atom is -0.390 e. The van der Waals surface area contributed by atoms with Crippen molar-refractivity contribution < 1.29 is 18.3 Å². The molecule has 0 amide bonds. The Bertz CT molecular complexity index is 580. The third kappa shape index (κ3) is 2.08. The number of aromatic nitrogens is 2. The molecule has 0 atom stereocenters. The number of imidazole rings is 1. The van der Waals surface area contributed by atoms with E-state index in [1.165, 1.54) is 0 Å². The standard InChI is InChI=1S/C9H5Cl2F3N2O/c10-5-1-4(9(12,13)14)2-16-6(3-17)7(11)15-8(5)16/h1-2,17H,3H2. The van der Waals surface area contributed by atoms with Gasteiger partial charge in [-0.3, -0.25) is 4.40 Å². The maximum absolute atomic E-state index is 12.6. The van der Waals surface area contributed by atoms with Gasteiger partial charge in [0.25, 0.3) is 0 Å². The number of aliphatic hydroxyl groups excluding tert-OH is 1. The number of hydrogen-bond donors (Lipinski definition) is 1. The molecule has 2 heterocycles. The number of hydrogen-bond acceptors (Lipinski definition) is 2. The van der Waals surface area contributed by atoms with Crippen molar-refractivity contribution >= 4 is 28.8 Å². The van der Waals surface area contributed by atoms with Gasteiger partial charge in [0.2, 0.25) is 0 Å². The van der Waals surface area contributed by atoms with E-state index in [4.69, 9.17) is 28.3 Å². The highest BCUT2D eigenvalue weighted by molar-refractivity contribution is 6.34. The van der Waals surface area contributed by atoms with Gasteiger partial charge in [0.15, 0.2) is 10.8 Å². The van der Waals surface area contributed by atoms with Gasteiger partial charge >= 0.3 is 6.18 Å². The Balaban J connectivity index is 2.79. The molecule has 2 aromatic heterocycles. The maximum Gasteiger partial charge on any atom is 0.417 e. The topological polar surface area (TPSA) is 37.5 Å². The first-order chi connectivity index (χ1) is 7.84. The van der Waals surface area contributed by atoms with Crippen LogP contribution >= 0.6 is 23.2 Å². The van der Waals surface area contributed by atoms with Crippen LogP contribution in [0.1, 0.15) is 11.3 Å². The number of nitrogens with zero attached hydrogens (tertiary/aromatic N) is 2. The molecule has 17 heavy (non-hydrogen) atoms. The van der Waals surface area contributed by atoms with Crippen molar-refractivity contribution in [3.05, 3.63) is 33.7 Å². The Hall–Kier alpha value is -0.980. The summed E-state index contributed by atoms with van der Waals surface area (Å²) in [7, 11) is 0. The molecule has 0 fully saturated rings. The van der Waals surface area contributed by atoms with Crippen LogP contribution in [-0.2, 0) is 12.8 Å². The van der Waals surface area contributed by atoms with E-state index in [0.717, 1.165) is 16.7 Å². The lowest BCUT2D eigenvalue weighted by Crippen LogP contribution is -2.07. The van der Waals surface area contributed by atoms with Gasteiger partial charge in [-0.2, -0.15) is 13.2 Å². The average Bonchev–Trinajstić information content (AvgIpc) is 2.53. The molecule has 0 unspecified atom stereocenters. The first-order valence-corrected chi connectivity index (χ1v) is 5.14. The van der Waals surface area contributed by atoms with E-state index >= 15 is 0 Å². The molecular weight excluding hydrogens is 280 g/mol. The molecule has 0 aliphatic carbocycles. The molecule has 0 radical (unpaired) electrons. The number of aliphatic hydroxyl groups is 1. The monoisotopic (exact) mass is 284 g/mol. The fraction of sp³-hybridized carbons (Fsp3) is 0.222. The van der Waals surface area contributed by atoms with Crippen molar-refractivity contribution in [2.45, 2.75) is 12.8 Å². The summed E-state index contributed by atoms with van der Waals surface area (Å²) in [4.78, 5) is 3.78. The van der Waals surface area contributed by atoms with Crippen molar-refractivity contribution in [1.29, 1.82) is 0 Å². The molecule has 0 saturated heterocycles. The first-order valence-electron chi connectivity index (χ1n) is 4.38. The van der Waals surface area contributed by atoms with Crippen LogP contribution in [0.4, 0.5) is 13.2 Å². The molecule has 0 aliphatic rings. The summed E-state index contributed by atoms with van der Waals surface area (Å²) in [5, 5.41) is 8.77. The quantitative estimate of drug-likeness (QED) is 0.874. The lowest BCUT2D eigenvalue weighted by atomic mass is 10.2. The zero-order valence-electron chi connectivity index (χ0n) is 8.09. The Kier molecular flexibility index (Phi) is 2.97. The lowest BCUT2D eigenvalue weighted by molar-refractivity contribution is -0.137. The van der Waals surface area contributed by atoms with E-state index in [0.29, 0.717) is 0 Å². The van der Waals surface area contributed by atoms with Gasteiger partial charge in [0, 0.05) is 6.20 Å². The molecule has 3 nitrogen and oxygen atoms in total. The van der Waals surface area contributed by atoms with E-state index in [1.54, 1.807) is 0 Å². The van der Waals surface area contributed by atoms with Crippen LogP contribution in [0.15, 0.2) is 12.3 Å². The second kappa shape index (κ2) is 4.04. The van der Waals surface area contributed by atoms with Crippen molar-refractivity contribution in [2.75, 3.05) is 0 Å². The molecule has 8 heteroatoms. The molecule has 0 bridgehead atoms. The molecule has 0 saturated carbocycles. The molecule has 0 spiro atoms. The van der Waals surface area contributed by atoms with E-state index < -0.39 is 18.3 Å². The largest absolute Gasteiger partial charge is 0.417 e. The van der Waals surface area contributed by atoms with Crippen LogP contribution in [0, 0.1) is 0 Å². The molecule has 1 N–H and O–H groups in total. The summed E-state index contributed by atoms with van der Waals surface area (Å²) in [6, 6.07) is 0.765. The number of alkyl halides is 3. The molecular formula is C9H5Cl2F3N2O. The van der Waals surface area contributed by atoms with Crippen LogP contribution in [0.3, 0.4) is 0 Å². The molecule has 0 aromatic carbocycles. The van der Waals surface area contributed by atoms with Crippen LogP contribution in [0.5, 0.6) is 0 Å². The van der Waals surface area contributed by atoms with Gasteiger partial charge in [0.05, 0.1) is 22.9 Å². The van der Waals surface area contributed by atoms with E-state index in [2.05, 4.69) is 4.98 Å². The fourth-order valence-corrected chi connectivity index (χ4v) is 1.90. The highest BCUT2D eigenvalue weighted by Crippen LogP contribution is 2.33. The van der Waals surface area contributed by atoms with Gasteiger partial charge < -0.3 is 5.11 Å². The zero-order valence-corrected chi connectivity index (χ0v) is 9.61. The van der Waals surface area contributed by atoms with Gasteiger partial charge in [-0.25, -0.2) is 4.98 Å². The van der Waals surface area contributed by atoms with Gasteiger partial charge in [-0.05, 0) is 6.07 Å². The molecule has 0 aliphatic heterocycles.